The zero-order valence-electron chi connectivity index (χ0n) is 15.7. The van der Waals surface area contributed by atoms with Crippen molar-refractivity contribution in [3.8, 4) is 17.1 Å². The van der Waals surface area contributed by atoms with E-state index in [9.17, 15) is 14.9 Å². The molecule has 0 spiro atoms. The molecule has 0 saturated carbocycles. The molecule has 3 aromatic carbocycles. The molecule has 0 aliphatic carbocycles. The van der Waals surface area contributed by atoms with E-state index < -0.39 is 10.8 Å². The molecule has 1 amide bonds. The van der Waals surface area contributed by atoms with E-state index in [1.165, 1.54) is 18.2 Å². The number of halogens is 2. The van der Waals surface area contributed by atoms with Gasteiger partial charge in [0.1, 0.15) is 0 Å². The summed E-state index contributed by atoms with van der Waals surface area (Å²) in [5.74, 6) is -0.152. The van der Waals surface area contributed by atoms with Crippen molar-refractivity contribution in [3.05, 3.63) is 97.7 Å². The number of non-ortho nitro benzene ring substituents is 1. The van der Waals surface area contributed by atoms with Crippen LogP contribution in [0.25, 0.3) is 17.1 Å². The highest BCUT2D eigenvalue weighted by atomic mass is 79.9. The molecular weight excluding hydrogens is 530 g/mol. The molecule has 0 saturated heterocycles. The number of nitro groups is 1. The van der Waals surface area contributed by atoms with Crippen LogP contribution in [0.5, 0.6) is 0 Å². The van der Waals surface area contributed by atoms with Gasteiger partial charge in [-0.1, -0.05) is 50.1 Å². The van der Waals surface area contributed by atoms with Gasteiger partial charge in [0.25, 0.3) is 11.6 Å². The Kier molecular flexibility index (Phi) is 5.92. The van der Waals surface area contributed by atoms with Crippen molar-refractivity contribution in [2.45, 2.75) is 0 Å². The second kappa shape index (κ2) is 8.78. The number of nitrogens with one attached hydrogen (secondary N) is 1. The Bertz CT molecular complexity index is 1210. The average molecular weight is 543 g/mol. The van der Waals surface area contributed by atoms with Gasteiger partial charge in [-0.05, 0) is 42.5 Å². The molecule has 0 aliphatic rings. The summed E-state index contributed by atoms with van der Waals surface area (Å²) in [5.41, 5.74) is 1.65. The lowest BCUT2D eigenvalue weighted by Gasteiger charge is -2.06. The summed E-state index contributed by atoms with van der Waals surface area (Å²) in [6.07, 6.45) is 0. The Morgan fingerprint density at radius 1 is 0.968 bits per heavy atom. The predicted octanol–water partition coefficient (Wildman–Crippen LogP) is 5.62. The third kappa shape index (κ3) is 4.70. The van der Waals surface area contributed by atoms with Gasteiger partial charge < -0.3 is 5.32 Å². The van der Waals surface area contributed by atoms with Gasteiger partial charge in [-0.3, -0.25) is 14.9 Å². The lowest BCUT2D eigenvalue weighted by molar-refractivity contribution is -0.384. The Labute approximate surface area is 193 Å². The number of benzene rings is 3. The molecule has 0 atom stereocenters. The Hall–Kier alpha value is -3.37. The van der Waals surface area contributed by atoms with Gasteiger partial charge in [-0.25, -0.2) is 9.67 Å². The van der Waals surface area contributed by atoms with Gasteiger partial charge in [0, 0.05) is 32.3 Å². The number of nitro benzene ring substituents is 1. The minimum Gasteiger partial charge on any atom is -0.319 e. The van der Waals surface area contributed by atoms with Crippen molar-refractivity contribution in [2.24, 2.45) is 0 Å². The summed E-state index contributed by atoms with van der Waals surface area (Å²) < 4.78 is 3.40. The molecule has 0 unspecified atom stereocenters. The minimum absolute atomic E-state index is 0.0626. The second-order valence-corrected chi connectivity index (χ2v) is 8.25. The number of rotatable bonds is 5. The molecule has 0 aliphatic heterocycles. The van der Waals surface area contributed by atoms with Crippen LogP contribution in [0.2, 0.25) is 0 Å². The van der Waals surface area contributed by atoms with E-state index in [0.29, 0.717) is 5.82 Å². The van der Waals surface area contributed by atoms with E-state index in [2.05, 4.69) is 47.3 Å². The molecule has 4 rings (SSSR count). The largest absolute Gasteiger partial charge is 0.319 e. The van der Waals surface area contributed by atoms with E-state index in [4.69, 9.17) is 0 Å². The van der Waals surface area contributed by atoms with Gasteiger partial charge in [-0.2, -0.15) is 0 Å². The number of hydrogen-bond acceptors (Lipinski definition) is 5. The van der Waals surface area contributed by atoms with Crippen molar-refractivity contribution in [2.75, 3.05) is 5.32 Å². The number of carbonyl (C=O) groups is 1. The van der Waals surface area contributed by atoms with Crippen LogP contribution in [-0.2, 0) is 0 Å². The normalized spacial score (nSPS) is 10.6. The quantitative estimate of drug-likeness (QED) is 0.260. The van der Waals surface area contributed by atoms with Crippen LogP contribution in [-0.4, -0.2) is 25.6 Å². The predicted molar refractivity (Wildman–Crippen MR) is 123 cm³/mol. The highest BCUT2D eigenvalue weighted by Gasteiger charge is 2.19. The van der Waals surface area contributed by atoms with Crippen molar-refractivity contribution in [1.82, 2.24) is 14.8 Å². The van der Waals surface area contributed by atoms with Crippen LogP contribution in [0.15, 0.2) is 81.7 Å². The smallest absolute Gasteiger partial charge is 0.295 e. The number of amides is 1. The summed E-state index contributed by atoms with van der Waals surface area (Å²) in [4.78, 5) is 27.7. The molecule has 8 nitrogen and oxygen atoms in total. The topological polar surface area (TPSA) is 103 Å². The van der Waals surface area contributed by atoms with Gasteiger partial charge >= 0.3 is 0 Å². The summed E-state index contributed by atoms with van der Waals surface area (Å²) in [6, 6.07) is 20.6. The first kappa shape index (κ1) is 20.9. The zero-order valence-corrected chi connectivity index (χ0v) is 18.9. The monoisotopic (exact) mass is 541 g/mol. The maximum Gasteiger partial charge on any atom is 0.295 e. The molecule has 1 aromatic heterocycles. The Morgan fingerprint density at radius 2 is 1.61 bits per heavy atom. The summed E-state index contributed by atoms with van der Waals surface area (Å²) in [5, 5.41) is 18.0. The van der Waals surface area contributed by atoms with Crippen molar-refractivity contribution >= 4 is 49.1 Å². The van der Waals surface area contributed by atoms with Crippen LogP contribution < -0.4 is 5.32 Å². The first-order chi connectivity index (χ1) is 14.9. The number of anilines is 1. The fraction of sp³-hybridized carbons (Fsp3) is 0. The van der Waals surface area contributed by atoms with E-state index in [-0.39, 0.29) is 17.2 Å². The van der Waals surface area contributed by atoms with Crippen LogP contribution in [0.3, 0.4) is 0 Å². The van der Waals surface area contributed by atoms with Gasteiger partial charge in [0.05, 0.1) is 10.6 Å². The highest BCUT2D eigenvalue weighted by Crippen LogP contribution is 2.25. The molecule has 10 heteroatoms. The number of hydrogen-bond donors (Lipinski definition) is 1. The van der Waals surface area contributed by atoms with Crippen molar-refractivity contribution in [1.29, 1.82) is 0 Å². The first-order valence-electron chi connectivity index (χ1n) is 8.95. The minimum atomic E-state index is -0.574. The molecule has 4 aromatic rings. The maximum absolute atomic E-state index is 12.8. The van der Waals surface area contributed by atoms with Crippen molar-refractivity contribution < 1.29 is 9.72 Å². The number of aromatic nitrogens is 3. The number of carbonyl (C=O) groups excluding carboxylic acids is 1. The van der Waals surface area contributed by atoms with E-state index in [0.717, 1.165) is 20.2 Å². The molecule has 1 heterocycles. The van der Waals surface area contributed by atoms with Crippen molar-refractivity contribution in [3.63, 3.8) is 0 Å². The summed E-state index contributed by atoms with van der Waals surface area (Å²) >= 11 is 6.82. The van der Waals surface area contributed by atoms with E-state index in [1.54, 1.807) is 10.7 Å². The lowest BCUT2D eigenvalue weighted by Crippen LogP contribution is -2.14. The van der Waals surface area contributed by atoms with Crippen LogP contribution in [0.1, 0.15) is 10.6 Å². The molecular formula is C21H13Br2N5O3. The molecule has 0 bridgehead atoms. The fourth-order valence-corrected chi connectivity index (χ4v) is 3.37. The molecule has 154 valence electrons. The number of nitrogens with zero attached hydrogens (tertiary/aromatic N) is 4. The second-order valence-electron chi connectivity index (χ2n) is 6.42. The van der Waals surface area contributed by atoms with Crippen LogP contribution >= 0.6 is 31.9 Å². The SMILES string of the molecule is O=C(Nc1cccc([N+](=O)[O-])c1)c1nc(-c2ccc(Br)cc2)n(-c2ccc(Br)cc2)n1. The molecule has 0 fully saturated rings. The van der Waals surface area contributed by atoms with Gasteiger partial charge in [-0.15, -0.1) is 5.10 Å². The van der Waals surface area contributed by atoms with Gasteiger partial charge in [0.15, 0.2) is 5.82 Å². The standard InChI is InChI=1S/C21H13Br2N5O3/c22-14-6-4-13(5-7-14)20-25-19(26-27(20)17-10-8-15(23)9-11-17)21(29)24-16-2-1-3-18(12-16)28(30)31/h1-12H,(H,24,29). The lowest BCUT2D eigenvalue weighted by atomic mass is 10.2. The Morgan fingerprint density at radius 3 is 2.26 bits per heavy atom. The Balaban J connectivity index is 1.73. The average Bonchev–Trinajstić information content (AvgIpc) is 3.20. The maximum atomic E-state index is 12.8. The summed E-state index contributed by atoms with van der Waals surface area (Å²) in [6.45, 7) is 0. The van der Waals surface area contributed by atoms with Crippen LogP contribution in [0, 0.1) is 10.1 Å². The highest BCUT2D eigenvalue weighted by molar-refractivity contribution is 9.10. The van der Waals surface area contributed by atoms with Crippen LogP contribution in [0.4, 0.5) is 11.4 Å². The zero-order chi connectivity index (χ0) is 22.0. The van der Waals surface area contributed by atoms with E-state index >= 15 is 0 Å². The third-order valence-electron chi connectivity index (χ3n) is 4.30. The third-order valence-corrected chi connectivity index (χ3v) is 5.36. The first-order valence-corrected chi connectivity index (χ1v) is 10.5. The fourth-order valence-electron chi connectivity index (χ4n) is 2.84. The molecule has 31 heavy (non-hydrogen) atoms. The van der Waals surface area contributed by atoms with E-state index in [1.807, 2.05) is 48.5 Å². The van der Waals surface area contributed by atoms with Gasteiger partial charge in [0.2, 0.25) is 5.82 Å². The molecule has 1 N–H and O–H groups in total. The summed E-state index contributed by atoms with van der Waals surface area (Å²) in [7, 11) is 0. The molecule has 0 radical (unpaired) electrons.